The number of hydrogen-bond donors (Lipinski definition) is 0. The van der Waals surface area contributed by atoms with Crippen LogP contribution in [-0.2, 0) is 4.74 Å². The number of aryl methyl sites for hydroxylation is 3. The first kappa shape index (κ1) is 28.4. The molecular weight excluding hydrogens is 544 g/mol. The normalized spacial score (nSPS) is 14.4. The minimum atomic E-state index is -0.876. The van der Waals surface area contributed by atoms with Crippen molar-refractivity contribution in [2.45, 2.75) is 53.0 Å². The third-order valence-corrected chi connectivity index (χ3v) is 8.49. The highest BCUT2D eigenvalue weighted by molar-refractivity contribution is 7.17. The van der Waals surface area contributed by atoms with E-state index >= 15 is 0 Å². The number of methoxy groups -OCH3 is 2. The molecule has 5 rings (SSSR count). The molecule has 0 bridgehead atoms. The van der Waals surface area contributed by atoms with Crippen molar-refractivity contribution in [3.05, 3.63) is 79.1 Å². The summed E-state index contributed by atoms with van der Waals surface area (Å²) in [6.45, 7) is 8.19. The Labute approximate surface area is 241 Å². The Morgan fingerprint density at radius 3 is 2.51 bits per heavy atom. The number of thiazole rings is 1. The van der Waals surface area contributed by atoms with E-state index in [1.807, 2.05) is 19.9 Å². The average Bonchev–Trinajstić information content (AvgIpc) is 3.48. The third kappa shape index (κ3) is 4.97. The number of nitrogens with zero attached hydrogens (tertiary/aromatic N) is 2. The lowest BCUT2D eigenvalue weighted by Crippen LogP contribution is -2.29. The zero-order valence-electron chi connectivity index (χ0n) is 24.0. The fourth-order valence-electron chi connectivity index (χ4n) is 5.02. The number of benzene rings is 2. The summed E-state index contributed by atoms with van der Waals surface area (Å²) in [6.07, 6.45) is 3.05. The number of carbonyl (C=O) groups excluding carboxylic acids is 2. The van der Waals surface area contributed by atoms with Gasteiger partial charge in [-0.3, -0.25) is 14.5 Å². The summed E-state index contributed by atoms with van der Waals surface area (Å²) in [5.74, 6) is -0.0855. The number of ether oxygens (including phenoxy) is 3. The van der Waals surface area contributed by atoms with Gasteiger partial charge in [0.05, 0.1) is 43.5 Å². The molecule has 1 unspecified atom stereocenters. The van der Waals surface area contributed by atoms with Crippen LogP contribution in [0.25, 0.3) is 11.0 Å². The molecule has 10 heteroatoms. The van der Waals surface area contributed by atoms with E-state index in [1.54, 1.807) is 38.3 Å². The minimum Gasteiger partial charge on any atom is -0.493 e. The predicted octanol–water partition coefficient (Wildman–Crippen LogP) is 6.29. The number of unbranched alkanes of at least 4 members (excludes halogenated alkanes) is 2. The highest BCUT2D eigenvalue weighted by Crippen LogP contribution is 2.45. The molecule has 1 aliphatic heterocycles. The Bertz CT molecular complexity index is 1720. The summed E-state index contributed by atoms with van der Waals surface area (Å²) in [5, 5.41) is 0.638. The van der Waals surface area contributed by atoms with Crippen molar-refractivity contribution < 1.29 is 28.2 Å². The molecule has 1 atom stereocenters. The van der Waals surface area contributed by atoms with Crippen molar-refractivity contribution in [2.75, 3.05) is 25.7 Å². The molecule has 1 aliphatic rings. The van der Waals surface area contributed by atoms with E-state index in [0.29, 0.717) is 40.3 Å². The molecule has 0 saturated carbocycles. The maximum absolute atomic E-state index is 14.1. The molecule has 0 N–H and O–H groups in total. The average molecular weight is 577 g/mol. The molecule has 1 amide bonds. The Kier molecular flexibility index (Phi) is 7.86. The molecule has 4 aromatic rings. The summed E-state index contributed by atoms with van der Waals surface area (Å²) in [6, 6.07) is 8.04. The van der Waals surface area contributed by atoms with Crippen molar-refractivity contribution in [3.63, 3.8) is 0 Å². The summed E-state index contributed by atoms with van der Waals surface area (Å²) in [5.41, 5.74) is 3.15. The Morgan fingerprint density at radius 1 is 1.05 bits per heavy atom. The molecule has 2 aromatic carbocycles. The summed E-state index contributed by atoms with van der Waals surface area (Å²) >= 11 is 1.03. The summed E-state index contributed by atoms with van der Waals surface area (Å²) in [7, 11) is 2.83. The molecule has 0 saturated heterocycles. The van der Waals surface area contributed by atoms with Gasteiger partial charge in [0.2, 0.25) is 5.76 Å². The standard InChI is InChI=1S/C31H32N2O7S/c1-7-8-9-12-39-21-11-10-19(15-23(21)37-5)25-24-26(34)20-13-16(2)17(3)14-22(20)40-27(24)29(35)33(25)31-32-18(4)28(41-31)30(36)38-6/h10-11,13-15,25H,7-9,12H2,1-6H3. The number of aromatic nitrogens is 1. The van der Waals surface area contributed by atoms with Crippen LogP contribution in [0.2, 0.25) is 0 Å². The SMILES string of the molecule is CCCCCOc1ccc(C2c3c(oc4cc(C)c(C)cc4c3=O)C(=O)N2c2nc(C)c(C(=O)OC)s2)cc1OC. The highest BCUT2D eigenvalue weighted by atomic mass is 32.1. The van der Waals surface area contributed by atoms with E-state index in [2.05, 4.69) is 11.9 Å². The van der Waals surface area contributed by atoms with Gasteiger partial charge < -0.3 is 18.6 Å². The second-order valence-electron chi connectivity index (χ2n) is 10.1. The van der Waals surface area contributed by atoms with Crippen LogP contribution in [0.15, 0.2) is 39.5 Å². The molecule has 0 spiro atoms. The molecule has 2 aromatic heterocycles. The largest absolute Gasteiger partial charge is 0.493 e. The topological polar surface area (TPSA) is 108 Å². The van der Waals surface area contributed by atoms with Gasteiger partial charge in [0.15, 0.2) is 22.1 Å². The monoisotopic (exact) mass is 576 g/mol. The van der Waals surface area contributed by atoms with Crippen molar-refractivity contribution in [1.29, 1.82) is 0 Å². The fraction of sp³-hybridized carbons (Fsp3) is 0.355. The third-order valence-electron chi connectivity index (χ3n) is 7.36. The van der Waals surface area contributed by atoms with Crippen LogP contribution in [0.5, 0.6) is 11.5 Å². The minimum absolute atomic E-state index is 0.0536. The van der Waals surface area contributed by atoms with Gasteiger partial charge in [-0.2, -0.15) is 0 Å². The number of esters is 1. The van der Waals surface area contributed by atoms with Crippen molar-refractivity contribution in [3.8, 4) is 11.5 Å². The molecular formula is C31H32N2O7S. The Balaban J connectivity index is 1.70. The lowest BCUT2D eigenvalue weighted by molar-refractivity contribution is 0.0605. The van der Waals surface area contributed by atoms with Gasteiger partial charge >= 0.3 is 5.97 Å². The van der Waals surface area contributed by atoms with Gasteiger partial charge in [0.1, 0.15) is 10.5 Å². The lowest BCUT2D eigenvalue weighted by Gasteiger charge is -2.23. The number of rotatable bonds is 9. The molecule has 0 aliphatic carbocycles. The number of carbonyl (C=O) groups is 2. The first-order valence-electron chi connectivity index (χ1n) is 13.5. The Morgan fingerprint density at radius 2 is 1.80 bits per heavy atom. The van der Waals surface area contributed by atoms with Crippen LogP contribution in [-0.4, -0.2) is 37.7 Å². The van der Waals surface area contributed by atoms with Gasteiger partial charge in [-0.1, -0.05) is 37.2 Å². The quantitative estimate of drug-likeness (QED) is 0.169. The Hall–Kier alpha value is -4.18. The van der Waals surface area contributed by atoms with E-state index in [9.17, 15) is 14.4 Å². The van der Waals surface area contributed by atoms with Gasteiger partial charge in [0, 0.05) is 0 Å². The zero-order valence-corrected chi connectivity index (χ0v) is 24.8. The smallest absolute Gasteiger partial charge is 0.350 e. The number of fused-ring (bicyclic) bond motifs is 2. The second kappa shape index (κ2) is 11.4. The van der Waals surface area contributed by atoms with Crippen molar-refractivity contribution in [2.24, 2.45) is 0 Å². The molecule has 214 valence electrons. The van der Waals surface area contributed by atoms with Gasteiger partial charge in [0.25, 0.3) is 5.91 Å². The summed E-state index contributed by atoms with van der Waals surface area (Å²) < 4.78 is 22.7. The van der Waals surface area contributed by atoms with E-state index in [-0.39, 0.29) is 26.8 Å². The molecule has 0 radical (unpaired) electrons. The molecule has 0 fully saturated rings. The number of anilines is 1. The van der Waals surface area contributed by atoms with Gasteiger partial charge in [-0.25, -0.2) is 9.78 Å². The van der Waals surface area contributed by atoms with E-state index < -0.39 is 17.9 Å². The molecule has 3 heterocycles. The molecule has 41 heavy (non-hydrogen) atoms. The van der Waals surface area contributed by atoms with Crippen LogP contribution < -0.4 is 19.8 Å². The fourth-order valence-corrected chi connectivity index (χ4v) is 6.03. The van der Waals surface area contributed by atoms with Crippen molar-refractivity contribution in [1.82, 2.24) is 4.98 Å². The van der Waals surface area contributed by atoms with Gasteiger partial charge in [-0.05, 0) is 68.1 Å². The van der Waals surface area contributed by atoms with Crippen LogP contribution in [0.3, 0.4) is 0 Å². The molecule has 9 nitrogen and oxygen atoms in total. The number of hydrogen-bond acceptors (Lipinski definition) is 9. The lowest BCUT2D eigenvalue weighted by atomic mass is 9.97. The highest BCUT2D eigenvalue weighted by Gasteiger charge is 2.45. The maximum Gasteiger partial charge on any atom is 0.350 e. The first-order valence-corrected chi connectivity index (χ1v) is 14.3. The first-order chi connectivity index (χ1) is 19.7. The number of amides is 1. The van der Waals surface area contributed by atoms with Crippen LogP contribution in [0.1, 0.15) is 80.4 Å². The van der Waals surface area contributed by atoms with Crippen LogP contribution >= 0.6 is 11.3 Å². The summed E-state index contributed by atoms with van der Waals surface area (Å²) in [4.78, 5) is 46.7. The van der Waals surface area contributed by atoms with E-state index in [4.69, 9.17) is 18.6 Å². The van der Waals surface area contributed by atoms with E-state index in [0.717, 1.165) is 41.7 Å². The van der Waals surface area contributed by atoms with Crippen LogP contribution in [0, 0.1) is 20.8 Å². The van der Waals surface area contributed by atoms with E-state index in [1.165, 1.54) is 12.0 Å². The van der Waals surface area contributed by atoms with Gasteiger partial charge in [-0.15, -0.1) is 0 Å². The van der Waals surface area contributed by atoms with Crippen LogP contribution in [0.4, 0.5) is 5.13 Å². The van der Waals surface area contributed by atoms with Crippen molar-refractivity contribution >= 4 is 39.3 Å². The zero-order chi connectivity index (χ0) is 29.4. The predicted molar refractivity (Wildman–Crippen MR) is 157 cm³/mol. The second-order valence-corrected chi connectivity index (χ2v) is 11.0. The maximum atomic E-state index is 14.1.